The van der Waals surface area contributed by atoms with E-state index in [-0.39, 0.29) is 0 Å². The Labute approximate surface area is 107 Å². The molecule has 5 nitrogen and oxygen atoms in total. The van der Waals surface area contributed by atoms with Crippen molar-refractivity contribution in [3.05, 3.63) is 34.8 Å². The van der Waals surface area contributed by atoms with Crippen molar-refractivity contribution in [2.45, 2.75) is 27.2 Å². The van der Waals surface area contributed by atoms with E-state index in [4.69, 9.17) is 0 Å². The lowest BCUT2D eigenvalue weighted by atomic mass is 10.1. The van der Waals surface area contributed by atoms with Gasteiger partial charge < -0.3 is 5.32 Å². The van der Waals surface area contributed by atoms with Gasteiger partial charge in [0, 0.05) is 5.69 Å². The van der Waals surface area contributed by atoms with Crippen LogP contribution in [0.4, 0.5) is 0 Å². The molecule has 0 bridgehead atoms. The number of nitrogens with zero attached hydrogens (tertiary/aromatic N) is 4. The highest BCUT2D eigenvalue weighted by Crippen LogP contribution is 2.16. The van der Waals surface area contributed by atoms with E-state index in [1.165, 1.54) is 5.56 Å². The molecule has 0 aromatic carbocycles. The van der Waals surface area contributed by atoms with E-state index >= 15 is 0 Å². The Morgan fingerprint density at radius 2 is 1.94 bits per heavy atom. The highest BCUT2D eigenvalue weighted by atomic mass is 15.3. The van der Waals surface area contributed by atoms with Gasteiger partial charge in [0.05, 0.1) is 11.4 Å². The first-order valence-electron chi connectivity index (χ1n) is 6.14. The summed E-state index contributed by atoms with van der Waals surface area (Å²) in [6.07, 6.45) is 0.980. The Hall–Kier alpha value is -1.75. The maximum absolute atomic E-state index is 4.55. The monoisotopic (exact) mass is 245 g/mol. The summed E-state index contributed by atoms with van der Waals surface area (Å²) in [4.78, 5) is 0. The predicted octanol–water partition coefficient (Wildman–Crippen LogP) is 1.35. The van der Waals surface area contributed by atoms with E-state index in [0.717, 1.165) is 35.9 Å². The van der Waals surface area contributed by atoms with Gasteiger partial charge in [-0.05, 0) is 58.5 Å². The van der Waals surface area contributed by atoms with Gasteiger partial charge in [-0.2, -0.15) is 10.2 Å². The number of aromatic nitrogens is 4. The fourth-order valence-electron chi connectivity index (χ4n) is 2.01. The number of nitrogens with one attached hydrogen (secondary N) is 1. The molecule has 0 aliphatic carbocycles. The molecule has 2 rings (SSSR count). The van der Waals surface area contributed by atoms with Crippen LogP contribution in [-0.2, 0) is 6.42 Å². The van der Waals surface area contributed by atoms with Crippen LogP contribution < -0.4 is 5.32 Å². The number of hydrogen-bond donors (Lipinski definition) is 1. The van der Waals surface area contributed by atoms with Crippen LogP contribution in [0.2, 0.25) is 0 Å². The summed E-state index contributed by atoms with van der Waals surface area (Å²) in [6, 6.07) is 3.90. The van der Waals surface area contributed by atoms with Crippen LogP contribution in [0.5, 0.6) is 0 Å². The lowest BCUT2D eigenvalue weighted by molar-refractivity contribution is 0.768. The molecular weight excluding hydrogens is 226 g/mol. The van der Waals surface area contributed by atoms with E-state index in [9.17, 15) is 0 Å². The fraction of sp³-hybridized carbons (Fsp3) is 0.462. The molecule has 0 atom stereocenters. The third-order valence-corrected chi connectivity index (χ3v) is 3.07. The highest BCUT2D eigenvalue weighted by molar-refractivity contribution is 5.32. The van der Waals surface area contributed by atoms with E-state index in [1.807, 2.05) is 37.7 Å². The molecule has 0 fully saturated rings. The van der Waals surface area contributed by atoms with Gasteiger partial charge in [0.2, 0.25) is 0 Å². The summed E-state index contributed by atoms with van der Waals surface area (Å²) in [5.74, 6) is 0.775. The van der Waals surface area contributed by atoms with E-state index in [1.54, 1.807) is 0 Å². The molecule has 96 valence electrons. The normalized spacial score (nSPS) is 10.9. The first-order chi connectivity index (χ1) is 8.63. The molecule has 2 aromatic rings. The lowest BCUT2D eigenvalue weighted by Gasteiger charge is -2.04. The van der Waals surface area contributed by atoms with Crippen molar-refractivity contribution in [1.29, 1.82) is 0 Å². The minimum absolute atomic E-state index is 0.775. The standard InChI is InChI=1S/C13H19N5/c1-9-5-6-13(16-15-9)18-11(3)12(7-8-14-4)10(2)17-18/h5-6,14H,7-8H2,1-4H3. The zero-order valence-electron chi connectivity index (χ0n) is 11.4. The Balaban J connectivity index is 2.37. The van der Waals surface area contributed by atoms with Gasteiger partial charge in [-0.1, -0.05) is 0 Å². The van der Waals surface area contributed by atoms with Crippen LogP contribution >= 0.6 is 0 Å². The minimum Gasteiger partial charge on any atom is -0.319 e. The SMILES string of the molecule is CNCCc1c(C)nn(-c2ccc(C)nn2)c1C. The molecule has 0 unspecified atom stereocenters. The zero-order valence-corrected chi connectivity index (χ0v) is 11.4. The maximum Gasteiger partial charge on any atom is 0.175 e. The van der Waals surface area contributed by atoms with Crippen LogP contribution in [0, 0.1) is 20.8 Å². The van der Waals surface area contributed by atoms with Gasteiger partial charge in [0.25, 0.3) is 0 Å². The van der Waals surface area contributed by atoms with E-state index < -0.39 is 0 Å². The number of rotatable bonds is 4. The summed E-state index contributed by atoms with van der Waals surface area (Å²) >= 11 is 0. The zero-order chi connectivity index (χ0) is 13.1. The van der Waals surface area contributed by atoms with E-state index in [0.29, 0.717) is 0 Å². The van der Waals surface area contributed by atoms with Gasteiger partial charge >= 0.3 is 0 Å². The van der Waals surface area contributed by atoms with E-state index in [2.05, 4.69) is 27.5 Å². The largest absolute Gasteiger partial charge is 0.319 e. The predicted molar refractivity (Wildman–Crippen MR) is 71.0 cm³/mol. The molecule has 0 aliphatic heterocycles. The second-order valence-electron chi connectivity index (χ2n) is 4.45. The second-order valence-corrected chi connectivity index (χ2v) is 4.45. The van der Waals surface area contributed by atoms with Crippen molar-refractivity contribution in [3.63, 3.8) is 0 Å². The minimum atomic E-state index is 0.775. The number of aryl methyl sites for hydroxylation is 2. The Kier molecular flexibility index (Phi) is 3.72. The summed E-state index contributed by atoms with van der Waals surface area (Å²) in [5.41, 5.74) is 4.40. The average Bonchev–Trinajstić information content (AvgIpc) is 2.64. The molecule has 2 heterocycles. The molecule has 0 aliphatic rings. The average molecular weight is 245 g/mol. The smallest absolute Gasteiger partial charge is 0.175 e. The van der Waals surface area contributed by atoms with Gasteiger partial charge in [0.15, 0.2) is 5.82 Å². The Bertz CT molecular complexity index is 527. The summed E-state index contributed by atoms with van der Waals surface area (Å²) < 4.78 is 1.87. The van der Waals surface area contributed by atoms with Crippen molar-refractivity contribution in [3.8, 4) is 5.82 Å². The third-order valence-electron chi connectivity index (χ3n) is 3.07. The van der Waals surface area contributed by atoms with Crippen LogP contribution in [-0.4, -0.2) is 33.6 Å². The van der Waals surface area contributed by atoms with Gasteiger partial charge in [-0.3, -0.25) is 0 Å². The van der Waals surface area contributed by atoms with Crippen molar-refractivity contribution in [1.82, 2.24) is 25.3 Å². The highest BCUT2D eigenvalue weighted by Gasteiger charge is 2.13. The second kappa shape index (κ2) is 5.27. The Morgan fingerprint density at radius 3 is 2.56 bits per heavy atom. The molecule has 0 amide bonds. The Morgan fingerprint density at radius 1 is 1.17 bits per heavy atom. The van der Waals surface area contributed by atoms with Gasteiger partial charge in [-0.25, -0.2) is 4.68 Å². The molecule has 0 saturated heterocycles. The summed E-state index contributed by atoms with van der Waals surface area (Å²) in [5, 5.41) is 16.0. The fourth-order valence-corrected chi connectivity index (χ4v) is 2.01. The first-order valence-corrected chi connectivity index (χ1v) is 6.14. The molecule has 2 aromatic heterocycles. The third kappa shape index (κ3) is 2.41. The quantitative estimate of drug-likeness (QED) is 0.883. The summed E-state index contributed by atoms with van der Waals surface area (Å²) in [7, 11) is 1.96. The van der Waals surface area contributed by atoms with Gasteiger partial charge in [-0.15, -0.1) is 5.10 Å². The molecule has 0 spiro atoms. The van der Waals surface area contributed by atoms with Crippen LogP contribution in [0.15, 0.2) is 12.1 Å². The van der Waals surface area contributed by atoms with Gasteiger partial charge in [0.1, 0.15) is 0 Å². The van der Waals surface area contributed by atoms with Crippen molar-refractivity contribution in [2.24, 2.45) is 0 Å². The number of hydrogen-bond acceptors (Lipinski definition) is 4. The summed E-state index contributed by atoms with van der Waals surface area (Å²) in [6.45, 7) is 6.99. The van der Waals surface area contributed by atoms with Crippen LogP contribution in [0.25, 0.3) is 5.82 Å². The molecule has 0 radical (unpaired) electrons. The molecule has 0 saturated carbocycles. The molecular formula is C13H19N5. The van der Waals surface area contributed by atoms with Crippen molar-refractivity contribution in [2.75, 3.05) is 13.6 Å². The van der Waals surface area contributed by atoms with Crippen LogP contribution in [0.3, 0.4) is 0 Å². The molecule has 1 N–H and O–H groups in total. The van der Waals surface area contributed by atoms with Crippen molar-refractivity contribution >= 4 is 0 Å². The van der Waals surface area contributed by atoms with Crippen LogP contribution in [0.1, 0.15) is 22.6 Å². The molecule has 18 heavy (non-hydrogen) atoms. The maximum atomic E-state index is 4.55. The topological polar surface area (TPSA) is 55.6 Å². The molecule has 5 heteroatoms. The number of likely N-dealkylation sites (N-methyl/N-ethyl adjacent to an activating group) is 1. The van der Waals surface area contributed by atoms with Crippen molar-refractivity contribution < 1.29 is 0 Å². The lowest BCUT2D eigenvalue weighted by Crippen LogP contribution is -2.11. The first kappa shape index (κ1) is 12.7.